The molecule has 3 aliphatic heterocycles. The first-order chi connectivity index (χ1) is 17.4. The average Bonchev–Trinajstić information content (AvgIpc) is 3.38. The van der Waals surface area contributed by atoms with Gasteiger partial charge in [-0.05, 0) is 25.1 Å². The van der Waals surface area contributed by atoms with Gasteiger partial charge < -0.3 is 24.6 Å². The molecule has 12 nitrogen and oxygen atoms in total. The van der Waals surface area contributed by atoms with Crippen LogP contribution in [0.25, 0.3) is 0 Å². The van der Waals surface area contributed by atoms with Crippen molar-refractivity contribution in [2.75, 3.05) is 31.2 Å². The Hall–Kier alpha value is -3.33. The Balaban J connectivity index is 1.69. The van der Waals surface area contributed by atoms with Crippen molar-refractivity contribution < 1.29 is 46.4 Å². The maximum atomic E-state index is 13.6. The number of allylic oxidation sites excluding steroid dienone is 1. The number of halogens is 3. The topological polar surface area (TPSA) is 143 Å². The fraction of sp³-hybridized carbons (Fsp3) is 0.286. The molecule has 16 heteroatoms. The minimum atomic E-state index is -5.02. The SMILES string of the molecule is COc1cc(NC23N=CC(C)=C(NO2)[N+]3(COP(=O)(O)O)c2ccc3c(c2)NCO3)cc(C(F)(F)F)c1. The van der Waals surface area contributed by atoms with Crippen molar-refractivity contribution in [1.82, 2.24) is 9.96 Å². The molecule has 2 bridgehead atoms. The van der Waals surface area contributed by atoms with Crippen LogP contribution in [0, 0.1) is 0 Å². The van der Waals surface area contributed by atoms with E-state index in [1.54, 1.807) is 25.1 Å². The minimum Gasteiger partial charge on any atom is -0.497 e. The van der Waals surface area contributed by atoms with E-state index in [4.69, 9.17) is 18.8 Å². The highest BCUT2D eigenvalue weighted by molar-refractivity contribution is 7.46. The van der Waals surface area contributed by atoms with Gasteiger partial charge in [-0.1, -0.05) is 0 Å². The Morgan fingerprint density at radius 2 is 2.05 bits per heavy atom. The van der Waals surface area contributed by atoms with Crippen molar-refractivity contribution in [1.29, 1.82) is 0 Å². The molecule has 0 saturated carbocycles. The number of hydrogen-bond donors (Lipinski definition) is 5. The van der Waals surface area contributed by atoms with E-state index in [2.05, 4.69) is 21.1 Å². The summed E-state index contributed by atoms with van der Waals surface area (Å²) >= 11 is 0. The highest BCUT2D eigenvalue weighted by Gasteiger charge is 2.67. The summed E-state index contributed by atoms with van der Waals surface area (Å²) in [5.74, 6) is -1.26. The van der Waals surface area contributed by atoms with E-state index >= 15 is 0 Å². The van der Waals surface area contributed by atoms with E-state index in [1.807, 2.05) is 0 Å². The van der Waals surface area contributed by atoms with E-state index in [-0.39, 0.29) is 24.0 Å². The number of benzene rings is 2. The van der Waals surface area contributed by atoms with Gasteiger partial charge in [-0.25, -0.2) is 14.6 Å². The molecule has 0 radical (unpaired) electrons. The lowest BCUT2D eigenvalue weighted by Crippen LogP contribution is -2.67. The van der Waals surface area contributed by atoms with Crippen molar-refractivity contribution in [3.05, 3.63) is 53.4 Å². The van der Waals surface area contributed by atoms with Gasteiger partial charge in [-0.2, -0.15) is 23.0 Å². The fourth-order valence-corrected chi connectivity index (χ4v) is 4.70. The Morgan fingerprint density at radius 1 is 1.27 bits per heavy atom. The molecule has 3 heterocycles. The number of hydrogen-bond acceptors (Lipinski definition) is 9. The van der Waals surface area contributed by atoms with Gasteiger partial charge in [0, 0.05) is 35.7 Å². The molecule has 5 N–H and O–H groups in total. The number of ether oxygens (including phenoxy) is 2. The van der Waals surface area contributed by atoms with Crippen molar-refractivity contribution in [3.8, 4) is 11.5 Å². The molecular weight excluding hydrogens is 522 g/mol. The molecule has 198 valence electrons. The van der Waals surface area contributed by atoms with Gasteiger partial charge in [-0.15, -0.1) is 4.48 Å². The maximum Gasteiger partial charge on any atom is 0.474 e. The molecule has 37 heavy (non-hydrogen) atoms. The first-order valence-electron chi connectivity index (χ1n) is 10.7. The summed E-state index contributed by atoms with van der Waals surface area (Å²) in [4.78, 5) is 29.4. The first kappa shape index (κ1) is 25.3. The highest BCUT2D eigenvalue weighted by atomic mass is 31.2. The van der Waals surface area contributed by atoms with Crippen LogP contribution < -0.4 is 30.1 Å². The molecule has 2 atom stereocenters. The Morgan fingerprint density at radius 3 is 2.76 bits per heavy atom. The monoisotopic (exact) mass is 544 g/mol. The molecule has 0 aliphatic carbocycles. The molecule has 5 rings (SSSR count). The summed E-state index contributed by atoms with van der Waals surface area (Å²) in [6.07, 6.45) is -3.26. The van der Waals surface area contributed by atoms with Crippen LogP contribution in [0.4, 0.5) is 30.2 Å². The van der Waals surface area contributed by atoms with Crippen LogP contribution in [-0.4, -0.2) is 42.5 Å². The third-order valence-electron chi connectivity index (χ3n) is 6.09. The zero-order valence-corrected chi connectivity index (χ0v) is 20.3. The Labute approximate surface area is 208 Å². The number of nitrogens with one attached hydrogen (secondary N) is 3. The number of quaternary nitrogens is 1. The second-order valence-electron chi connectivity index (χ2n) is 8.38. The van der Waals surface area contributed by atoms with Crippen LogP contribution in [-0.2, 0) is 20.1 Å². The van der Waals surface area contributed by atoms with Crippen molar-refractivity contribution in [3.63, 3.8) is 0 Å². The number of phosphoric ester groups is 1. The second-order valence-corrected chi connectivity index (χ2v) is 9.62. The number of hydroxylamine groups is 1. The van der Waals surface area contributed by atoms with E-state index in [0.717, 1.165) is 12.1 Å². The molecule has 2 unspecified atom stereocenters. The van der Waals surface area contributed by atoms with Crippen LogP contribution in [0.2, 0.25) is 0 Å². The van der Waals surface area contributed by atoms with Crippen LogP contribution >= 0.6 is 7.82 Å². The molecule has 1 fully saturated rings. The zero-order chi connectivity index (χ0) is 26.6. The summed E-state index contributed by atoms with van der Waals surface area (Å²) in [6, 6.07) is 7.89. The number of nitrogens with zero attached hydrogens (tertiary/aromatic N) is 2. The number of rotatable bonds is 7. The van der Waals surface area contributed by atoms with Crippen molar-refractivity contribution >= 4 is 31.1 Å². The normalized spacial score (nSPS) is 24.3. The largest absolute Gasteiger partial charge is 0.497 e. The summed E-state index contributed by atoms with van der Waals surface area (Å²) in [7, 11) is -3.80. The summed E-state index contributed by atoms with van der Waals surface area (Å²) in [6.45, 7) is 1.17. The predicted octanol–water partition coefficient (Wildman–Crippen LogP) is 3.42. The average molecular weight is 544 g/mol. The fourth-order valence-electron chi connectivity index (χ4n) is 4.38. The molecule has 2 aromatic rings. The van der Waals surface area contributed by atoms with Gasteiger partial charge in [0.2, 0.25) is 12.6 Å². The van der Waals surface area contributed by atoms with E-state index in [1.165, 1.54) is 19.4 Å². The first-order valence-corrected chi connectivity index (χ1v) is 12.2. The van der Waals surface area contributed by atoms with E-state index < -0.39 is 36.7 Å². The van der Waals surface area contributed by atoms with Crippen LogP contribution in [0.15, 0.2) is 52.8 Å². The summed E-state index contributed by atoms with van der Waals surface area (Å²) < 4.78 is 67.5. The molecular formula is C21H22F3N5O7P+. The third kappa shape index (κ3) is 4.29. The standard InChI is InChI=1S/C21H21F3N5O7P/c1-12-9-26-21(27-14-5-13(20(22,23)24)6-16(7-14)33-2)29(19(12)28-36-21,11-35-37(30,31)32)15-3-4-18-17(8-15)25-10-34-18/h3-9,25,27-28H,10-11H2,1-2H3,(H-,30,31,32)/p+1. The lowest BCUT2D eigenvalue weighted by molar-refractivity contribution is -0.137. The minimum absolute atomic E-state index is 0.0881. The third-order valence-corrected chi connectivity index (χ3v) is 6.54. The summed E-state index contributed by atoms with van der Waals surface area (Å²) in [5.41, 5.74) is 3.11. The number of alkyl halides is 3. The molecule has 0 spiro atoms. The van der Waals surface area contributed by atoms with Gasteiger partial charge in [0.25, 0.3) is 0 Å². The Bertz CT molecular complexity index is 1360. The van der Waals surface area contributed by atoms with Crippen molar-refractivity contribution in [2.45, 2.75) is 19.1 Å². The van der Waals surface area contributed by atoms with Crippen LogP contribution in [0.1, 0.15) is 12.5 Å². The maximum absolute atomic E-state index is 13.6. The van der Waals surface area contributed by atoms with Crippen molar-refractivity contribution in [2.24, 2.45) is 4.99 Å². The molecule has 1 saturated heterocycles. The summed E-state index contributed by atoms with van der Waals surface area (Å²) in [5, 5.41) is 5.91. The molecule has 3 aliphatic rings. The highest BCUT2D eigenvalue weighted by Crippen LogP contribution is 2.51. The number of anilines is 2. The number of methoxy groups -OCH3 is 1. The zero-order valence-electron chi connectivity index (χ0n) is 19.4. The number of fused-ring (bicyclic) bond motifs is 3. The second kappa shape index (κ2) is 8.62. The quantitative estimate of drug-likeness (QED) is 0.260. The predicted molar refractivity (Wildman–Crippen MR) is 125 cm³/mol. The molecule has 0 amide bonds. The van der Waals surface area contributed by atoms with Crippen LogP contribution in [0.5, 0.6) is 11.5 Å². The number of aliphatic imine (C=N–C) groups is 1. The van der Waals surface area contributed by atoms with E-state index in [0.29, 0.717) is 22.7 Å². The van der Waals surface area contributed by atoms with Crippen LogP contribution in [0.3, 0.4) is 0 Å². The van der Waals surface area contributed by atoms with Gasteiger partial charge >= 0.3 is 20.0 Å². The van der Waals surface area contributed by atoms with Gasteiger partial charge in [0.05, 0.1) is 18.4 Å². The van der Waals surface area contributed by atoms with Gasteiger partial charge in [0.1, 0.15) is 17.2 Å². The van der Waals surface area contributed by atoms with Gasteiger partial charge in [-0.3, -0.25) is 5.32 Å². The lowest BCUT2D eigenvalue weighted by Gasteiger charge is -2.42. The number of phosphoric acid groups is 1. The van der Waals surface area contributed by atoms with E-state index in [9.17, 15) is 27.5 Å². The molecule has 2 aromatic carbocycles. The van der Waals surface area contributed by atoms with Gasteiger partial charge in [0.15, 0.2) is 6.73 Å². The molecule has 0 aromatic heterocycles. The lowest BCUT2D eigenvalue weighted by atomic mass is 10.1. The Kier molecular flexibility index (Phi) is 5.90. The smallest absolute Gasteiger partial charge is 0.474 e.